The third-order valence-electron chi connectivity index (χ3n) is 4.07. The Labute approximate surface area is 135 Å². The van der Waals surface area contributed by atoms with Crippen molar-refractivity contribution in [2.45, 2.75) is 26.2 Å². The van der Waals surface area contributed by atoms with Crippen LogP contribution in [-0.2, 0) is 5.41 Å². The molecule has 3 aromatic heterocycles. The van der Waals surface area contributed by atoms with E-state index in [1.54, 1.807) is 6.20 Å². The number of hydrogen-bond donors (Lipinski definition) is 0. The highest BCUT2D eigenvalue weighted by molar-refractivity contribution is 6.08. The Balaban J connectivity index is 2.01. The van der Waals surface area contributed by atoms with Crippen molar-refractivity contribution >= 4 is 22.1 Å². The summed E-state index contributed by atoms with van der Waals surface area (Å²) in [6, 6.07) is 16.2. The lowest BCUT2D eigenvalue weighted by Gasteiger charge is -2.16. The number of nitrogens with zero attached hydrogens (tertiary/aromatic N) is 2. The normalized spacial score (nSPS) is 12.1. The minimum atomic E-state index is -0.00300. The first kappa shape index (κ1) is 13.9. The molecule has 1 aromatic carbocycles. The second kappa shape index (κ2) is 4.92. The minimum Gasteiger partial charge on any atom is -0.437 e. The molecule has 0 atom stereocenters. The second-order valence-corrected chi connectivity index (χ2v) is 6.80. The molecule has 4 aromatic rings. The van der Waals surface area contributed by atoms with Crippen molar-refractivity contribution in [3.05, 3.63) is 60.4 Å². The second-order valence-electron chi connectivity index (χ2n) is 6.80. The molecule has 0 saturated carbocycles. The van der Waals surface area contributed by atoms with Gasteiger partial charge in [-0.25, -0.2) is 4.98 Å². The van der Waals surface area contributed by atoms with Crippen LogP contribution >= 0.6 is 0 Å². The molecule has 4 rings (SSSR count). The van der Waals surface area contributed by atoms with Gasteiger partial charge in [0.2, 0.25) is 5.71 Å². The van der Waals surface area contributed by atoms with E-state index < -0.39 is 0 Å². The molecule has 0 N–H and O–H groups in total. The van der Waals surface area contributed by atoms with E-state index in [-0.39, 0.29) is 5.41 Å². The summed E-state index contributed by atoms with van der Waals surface area (Å²) in [5.41, 5.74) is 4.47. The fourth-order valence-electron chi connectivity index (χ4n) is 2.82. The SMILES string of the molecule is CC(C)(C)c1ccc2c(n1)oc1c(-c3ccccn3)cccc12. The summed E-state index contributed by atoms with van der Waals surface area (Å²) in [5, 5.41) is 2.13. The molecule has 0 bridgehead atoms. The lowest BCUT2D eigenvalue weighted by atomic mass is 9.91. The summed E-state index contributed by atoms with van der Waals surface area (Å²) in [6.07, 6.45) is 1.80. The maximum Gasteiger partial charge on any atom is 0.227 e. The average molecular weight is 302 g/mol. The molecule has 0 aliphatic heterocycles. The molecule has 0 fully saturated rings. The van der Waals surface area contributed by atoms with Crippen LogP contribution in [0, 0.1) is 0 Å². The van der Waals surface area contributed by atoms with Crippen molar-refractivity contribution in [2.24, 2.45) is 0 Å². The van der Waals surface area contributed by atoms with Crippen molar-refractivity contribution in [1.29, 1.82) is 0 Å². The van der Waals surface area contributed by atoms with Gasteiger partial charge in [0.1, 0.15) is 5.58 Å². The topological polar surface area (TPSA) is 38.9 Å². The largest absolute Gasteiger partial charge is 0.437 e. The van der Waals surface area contributed by atoms with Crippen LogP contribution in [0.15, 0.2) is 59.1 Å². The lowest BCUT2D eigenvalue weighted by Crippen LogP contribution is -2.12. The van der Waals surface area contributed by atoms with Crippen molar-refractivity contribution < 1.29 is 4.42 Å². The Morgan fingerprint density at radius 2 is 1.74 bits per heavy atom. The van der Waals surface area contributed by atoms with Gasteiger partial charge in [-0.3, -0.25) is 4.98 Å². The molecule has 3 heteroatoms. The molecule has 0 amide bonds. The number of rotatable bonds is 1. The number of benzene rings is 1. The molecule has 23 heavy (non-hydrogen) atoms. The summed E-state index contributed by atoms with van der Waals surface area (Å²) < 4.78 is 6.12. The maximum atomic E-state index is 6.12. The summed E-state index contributed by atoms with van der Waals surface area (Å²) >= 11 is 0. The van der Waals surface area contributed by atoms with E-state index in [0.717, 1.165) is 33.3 Å². The van der Waals surface area contributed by atoms with E-state index in [1.807, 2.05) is 30.3 Å². The first-order valence-electron chi connectivity index (χ1n) is 7.78. The van der Waals surface area contributed by atoms with E-state index in [2.05, 4.69) is 44.0 Å². The van der Waals surface area contributed by atoms with Gasteiger partial charge < -0.3 is 4.42 Å². The highest BCUT2D eigenvalue weighted by atomic mass is 16.3. The van der Waals surface area contributed by atoms with E-state index in [1.165, 1.54) is 0 Å². The van der Waals surface area contributed by atoms with Crippen molar-refractivity contribution in [2.75, 3.05) is 0 Å². The van der Waals surface area contributed by atoms with Gasteiger partial charge in [0.05, 0.1) is 5.69 Å². The van der Waals surface area contributed by atoms with Crippen LogP contribution in [0.25, 0.3) is 33.3 Å². The fourth-order valence-corrected chi connectivity index (χ4v) is 2.82. The number of pyridine rings is 2. The summed E-state index contributed by atoms with van der Waals surface area (Å²) in [4.78, 5) is 9.18. The molecular weight excluding hydrogens is 284 g/mol. The molecule has 0 aliphatic rings. The molecule has 0 unspecified atom stereocenters. The highest BCUT2D eigenvalue weighted by Gasteiger charge is 2.19. The Morgan fingerprint density at radius 3 is 2.48 bits per heavy atom. The smallest absolute Gasteiger partial charge is 0.227 e. The van der Waals surface area contributed by atoms with Gasteiger partial charge in [0.15, 0.2) is 0 Å². The van der Waals surface area contributed by atoms with Crippen LogP contribution in [0.1, 0.15) is 26.5 Å². The van der Waals surface area contributed by atoms with Crippen LogP contribution in [0.4, 0.5) is 0 Å². The van der Waals surface area contributed by atoms with Gasteiger partial charge in [0.25, 0.3) is 0 Å². The Hall–Kier alpha value is -2.68. The Bertz CT molecular complexity index is 995. The number of hydrogen-bond acceptors (Lipinski definition) is 3. The highest BCUT2D eigenvalue weighted by Crippen LogP contribution is 2.35. The molecule has 0 radical (unpaired) electrons. The van der Waals surface area contributed by atoms with Crippen LogP contribution in [0.3, 0.4) is 0 Å². The molecule has 0 aliphatic carbocycles. The quantitative estimate of drug-likeness (QED) is 0.476. The Kier molecular flexibility index (Phi) is 2.98. The number of fused-ring (bicyclic) bond motifs is 3. The molecule has 0 saturated heterocycles. The number of aromatic nitrogens is 2. The number of para-hydroxylation sites is 1. The van der Waals surface area contributed by atoms with E-state index in [0.29, 0.717) is 5.71 Å². The van der Waals surface area contributed by atoms with Crippen molar-refractivity contribution in [1.82, 2.24) is 9.97 Å². The van der Waals surface area contributed by atoms with Crippen LogP contribution in [0.5, 0.6) is 0 Å². The van der Waals surface area contributed by atoms with E-state index >= 15 is 0 Å². The first-order valence-corrected chi connectivity index (χ1v) is 7.78. The van der Waals surface area contributed by atoms with Gasteiger partial charge in [0, 0.05) is 33.6 Å². The van der Waals surface area contributed by atoms with Crippen LogP contribution in [0.2, 0.25) is 0 Å². The molecule has 114 valence electrons. The van der Waals surface area contributed by atoms with Gasteiger partial charge in [-0.05, 0) is 30.3 Å². The minimum absolute atomic E-state index is 0.00300. The summed E-state index contributed by atoms with van der Waals surface area (Å²) in [6.45, 7) is 6.47. The van der Waals surface area contributed by atoms with E-state index in [9.17, 15) is 0 Å². The summed E-state index contributed by atoms with van der Waals surface area (Å²) in [7, 11) is 0. The standard InChI is InChI=1S/C20H18N2O/c1-20(2,3)17-11-10-14-13-7-6-8-15(16-9-4-5-12-21-16)18(13)23-19(14)22-17/h4-12H,1-3H3. The molecule has 3 heterocycles. The predicted molar refractivity (Wildman–Crippen MR) is 93.4 cm³/mol. The zero-order valence-electron chi connectivity index (χ0n) is 13.5. The van der Waals surface area contributed by atoms with E-state index in [4.69, 9.17) is 9.40 Å². The van der Waals surface area contributed by atoms with Crippen LogP contribution in [-0.4, -0.2) is 9.97 Å². The predicted octanol–water partition coefficient (Wildman–Crippen LogP) is 5.34. The third kappa shape index (κ3) is 2.29. The fraction of sp³-hybridized carbons (Fsp3) is 0.200. The van der Waals surface area contributed by atoms with Crippen LogP contribution < -0.4 is 0 Å². The lowest BCUT2D eigenvalue weighted by molar-refractivity contribution is 0.562. The van der Waals surface area contributed by atoms with Gasteiger partial charge in [-0.2, -0.15) is 0 Å². The zero-order chi connectivity index (χ0) is 16.0. The zero-order valence-corrected chi connectivity index (χ0v) is 13.5. The monoisotopic (exact) mass is 302 g/mol. The van der Waals surface area contributed by atoms with Gasteiger partial charge >= 0.3 is 0 Å². The molecule has 0 spiro atoms. The first-order chi connectivity index (χ1) is 11.0. The maximum absolute atomic E-state index is 6.12. The third-order valence-corrected chi connectivity index (χ3v) is 4.07. The average Bonchev–Trinajstić information content (AvgIpc) is 2.92. The molecular formula is C20H18N2O. The molecule has 3 nitrogen and oxygen atoms in total. The van der Waals surface area contributed by atoms with Crippen molar-refractivity contribution in [3.63, 3.8) is 0 Å². The van der Waals surface area contributed by atoms with Gasteiger partial charge in [-0.15, -0.1) is 0 Å². The Morgan fingerprint density at radius 1 is 0.870 bits per heavy atom. The summed E-state index contributed by atoms with van der Waals surface area (Å²) in [5.74, 6) is 0. The number of furan rings is 1. The van der Waals surface area contributed by atoms with Crippen molar-refractivity contribution in [3.8, 4) is 11.3 Å². The van der Waals surface area contributed by atoms with Gasteiger partial charge in [-0.1, -0.05) is 39.0 Å².